The predicted molar refractivity (Wildman–Crippen MR) is 84.5 cm³/mol. The zero-order valence-electron chi connectivity index (χ0n) is 13.5. The molecule has 1 aromatic carbocycles. The van der Waals surface area contributed by atoms with Gasteiger partial charge >= 0.3 is 0 Å². The Morgan fingerprint density at radius 1 is 1.23 bits per heavy atom. The summed E-state index contributed by atoms with van der Waals surface area (Å²) in [5.41, 5.74) is 7.64. The Morgan fingerprint density at radius 2 is 1.86 bits per heavy atom. The van der Waals surface area contributed by atoms with Crippen LogP contribution in [0.2, 0.25) is 0 Å². The van der Waals surface area contributed by atoms with Crippen molar-refractivity contribution in [3.05, 3.63) is 29.3 Å². The van der Waals surface area contributed by atoms with Crippen molar-refractivity contribution in [1.82, 2.24) is 4.90 Å². The standard InChI is InChI=1S/C17H24N2O3/c1-11-4-5-15(10-12(11)2)22-13(3)17(21)19-8-6-14(7-9-19)16(18)20/h4-5,10,13-14H,6-9H2,1-3H3,(H2,18,20)/t13-/m0/s1. The smallest absolute Gasteiger partial charge is 0.263 e. The van der Waals surface area contributed by atoms with Crippen molar-refractivity contribution >= 4 is 11.8 Å². The summed E-state index contributed by atoms with van der Waals surface area (Å²) in [6, 6.07) is 5.81. The molecule has 1 fully saturated rings. The van der Waals surface area contributed by atoms with E-state index < -0.39 is 6.10 Å². The summed E-state index contributed by atoms with van der Waals surface area (Å²) in [4.78, 5) is 25.3. The molecule has 0 aromatic heterocycles. The molecule has 1 aliphatic heterocycles. The highest BCUT2D eigenvalue weighted by atomic mass is 16.5. The van der Waals surface area contributed by atoms with Crippen molar-refractivity contribution in [2.45, 2.75) is 39.7 Å². The lowest BCUT2D eigenvalue weighted by Gasteiger charge is -2.32. The van der Waals surface area contributed by atoms with Crippen LogP contribution in [0.25, 0.3) is 0 Å². The maximum Gasteiger partial charge on any atom is 0.263 e. The molecule has 0 aliphatic carbocycles. The van der Waals surface area contributed by atoms with E-state index in [4.69, 9.17) is 10.5 Å². The third-order valence-corrected chi connectivity index (χ3v) is 4.35. The number of primary amides is 1. The summed E-state index contributed by atoms with van der Waals surface area (Å²) in [5.74, 6) is 0.281. The molecule has 1 heterocycles. The van der Waals surface area contributed by atoms with Gasteiger partial charge in [-0.1, -0.05) is 6.07 Å². The first kappa shape index (κ1) is 16.3. The molecule has 0 saturated carbocycles. The molecule has 120 valence electrons. The minimum Gasteiger partial charge on any atom is -0.481 e. The SMILES string of the molecule is Cc1ccc(O[C@@H](C)C(=O)N2CCC(C(N)=O)CC2)cc1C. The number of benzene rings is 1. The quantitative estimate of drug-likeness (QED) is 0.922. The van der Waals surface area contributed by atoms with E-state index in [9.17, 15) is 9.59 Å². The second-order valence-electron chi connectivity index (χ2n) is 6.01. The van der Waals surface area contributed by atoms with Crippen LogP contribution in [-0.2, 0) is 9.59 Å². The minimum atomic E-state index is -0.535. The lowest BCUT2D eigenvalue weighted by atomic mass is 9.96. The van der Waals surface area contributed by atoms with Crippen LogP contribution in [-0.4, -0.2) is 35.9 Å². The summed E-state index contributed by atoms with van der Waals surface area (Å²) < 4.78 is 5.76. The van der Waals surface area contributed by atoms with E-state index in [1.54, 1.807) is 11.8 Å². The molecular weight excluding hydrogens is 280 g/mol. The van der Waals surface area contributed by atoms with Crippen molar-refractivity contribution in [2.75, 3.05) is 13.1 Å². The molecule has 1 saturated heterocycles. The highest BCUT2D eigenvalue weighted by Crippen LogP contribution is 2.20. The second kappa shape index (κ2) is 6.81. The van der Waals surface area contributed by atoms with Gasteiger partial charge in [0.1, 0.15) is 5.75 Å². The van der Waals surface area contributed by atoms with Gasteiger partial charge in [-0.05, 0) is 56.9 Å². The van der Waals surface area contributed by atoms with Gasteiger partial charge < -0.3 is 15.4 Å². The summed E-state index contributed by atoms with van der Waals surface area (Å²) >= 11 is 0. The number of piperidine rings is 1. The van der Waals surface area contributed by atoms with E-state index in [2.05, 4.69) is 0 Å². The van der Waals surface area contributed by atoms with Crippen LogP contribution >= 0.6 is 0 Å². The first-order valence-electron chi connectivity index (χ1n) is 7.70. The van der Waals surface area contributed by atoms with E-state index in [1.807, 2.05) is 32.0 Å². The highest BCUT2D eigenvalue weighted by Gasteiger charge is 2.29. The Morgan fingerprint density at radius 3 is 2.41 bits per heavy atom. The number of nitrogens with zero attached hydrogens (tertiary/aromatic N) is 1. The minimum absolute atomic E-state index is 0.0406. The maximum atomic E-state index is 12.4. The summed E-state index contributed by atoms with van der Waals surface area (Å²) in [7, 11) is 0. The van der Waals surface area contributed by atoms with Gasteiger partial charge in [-0.25, -0.2) is 0 Å². The Hall–Kier alpha value is -2.04. The molecule has 0 radical (unpaired) electrons. The number of amides is 2. The third kappa shape index (κ3) is 3.78. The molecule has 0 unspecified atom stereocenters. The van der Waals surface area contributed by atoms with E-state index in [0.29, 0.717) is 31.7 Å². The Labute approximate surface area is 131 Å². The zero-order chi connectivity index (χ0) is 16.3. The lowest BCUT2D eigenvalue weighted by Crippen LogP contribution is -2.46. The van der Waals surface area contributed by atoms with Gasteiger partial charge in [0.05, 0.1) is 0 Å². The number of ether oxygens (including phenoxy) is 1. The van der Waals surface area contributed by atoms with Crippen molar-refractivity contribution in [3.8, 4) is 5.75 Å². The van der Waals surface area contributed by atoms with Crippen LogP contribution in [0.15, 0.2) is 18.2 Å². The number of aryl methyl sites for hydroxylation is 2. The van der Waals surface area contributed by atoms with Crippen molar-refractivity contribution < 1.29 is 14.3 Å². The topological polar surface area (TPSA) is 72.6 Å². The van der Waals surface area contributed by atoms with Gasteiger partial charge in [0.15, 0.2) is 6.10 Å². The Balaban J connectivity index is 1.92. The Bertz CT molecular complexity index is 563. The number of nitrogens with two attached hydrogens (primary N) is 1. The van der Waals surface area contributed by atoms with E-state index in [1.165, 1.54) is 5.56 Å². The second-order valence-corrected chi connectivity index (χ2v) is 6.01. The maximum absolute atomic E-state index is 12.4. The van der Waals surface area contributed by atoms with Crippen LogP contribution < -0.4 is 10.5 Å². The van der Waals surface area contributed by atoms with Gasteiger partial charge in [-0.15, -0.1) is 0 Å². The molecule has 0 bridgehead atoms. The number of carbonyl (C=O) groups excluding carboxylic acids is 2. The molecule has 1 atom stereocenters. The fourth-order valence-electron chi connectivity index (χ4n) is 2.68. The van der Waals surface area contributed by atoms with E-state index in [0.717, 1.165) is 5.56 Å². The first-order valence-corrected chi connectivity index (χ1v) is 7.70. The molecule has 1 aromatic rings. The van der Waals surface area contributed by atoms with Crippen LogP contribution in [0.3, 0.4) is 0 Å². The molecule has 5 heteroatoms. The third-order valence-electron chi connectivity index (χ3n) is 4.35. The predicted octanol–water partition coefficient (Wildman–Crippen LogP) is 1.79. The van der Waals surface area contributed by atoms with Gasteiger partial charge in [0, 0.05) is 19.0 Å². The molecule has 1 aliphatic rings. The van der Waals surface area contributed by atoms with Gasteiger partial charge in [-0.2, -0.15) is 0 Å². The number of carbonyl (C=O) groups is 2. The zero-order valence-corrected chi connectivity index (χ0v) is 13.5. The van der Waals surface area contributed by atoms with Gasteiger partial charge in [-0.3, -0.25) is 9.59 Å². The van der Waals surface area contributed by atoms with Crippen molar-refractivity contribution in [1.29, 1.82) is 0 Å². The van der Waals surface area contributed by atoms with Gasteiger partial charge in [0.25, 0.3) is 5.91 Å². The van der Waals surface area contributed by atoms with Gasteiger partial charge in [0.2, 0.25) is 5.91 Å². The molecule has 2 N–H and O–H groups in total. The van der Waals surface area contributed by atoms with Crippen LogP contribution in [0.5, 0.6) is 5.75 Å². The summed E-state index contributed by atoms with van der Waals surface area (Å²) in [6.45, 7) is 6.94. The van der Waals surface area contributed by atoms with Crippen LogP contribution in [0.4, 0.5) is 0 Å². The Kier molecular flexibility index (Phi) is 5.06. The number of rotatable bonds is 4. The highest BCUT2D eigenvalue weighted by molar-refractivity contribution is 5.82. The molecule has 5 nitrogen and oxygen atoms in total. The van der Waals surface area contributed by atoms with E-state index >= 15 is 0 Å². The fraction of sp³-hybridized carbons (Fsp3) is 0.529. The summed E-state index contributed by atoms with van der Waals surface area (Å²) in [5, 5.41) is 0. The fourth-order valence-corrected chi connectivity index (χ4v) is 2.68. The lowest BCUT2D eigenvalue weighted by molar-refractivity contribution is -0.140. The monoisotopic (exact) mass is 304 g/mol. The molecule has 0 spiro atoms. The molecular formula is C17H24N2O3. The van der Waals surface area contributed by atoms with Crippen LogP contribution in [0, 0.1) is 19.8 Å². The van der Waals surface area contributed by atoms with Crippen LogP contribution in [0.1, 0.15) is 30.9 Å². The molecule has 2 rings (SSSR count). The van der Waals surface area contributed by atoms with Crippen molar-refractivity contribution in [3.63, 3.8) is 0 Å². The number of hydrogen-bond donors (Lipinski definition) is 1. The first-order chi connectivity index (χ1) is 10.4. The van der Waals surface area contributed by atoms with E-state index in [-0.39, 0.29) is 17.7 Å². The summed E-state index contributed by atoms with van der Waals surface area (Å²) in [6.07, 6.45) is 0.738. The average molecular weight is 304 g/mol. The number of likely N-dealkylation sites (tertiary alicyclic amines) is 1. The average Bonchev–Trinajstić information content (AvgIpc) is 2.50. The normalized spacial score (nSPS) is 17.1. The number of hydrogen-bond acceptors (Lipinski definition) is 3. The van der Waals surface area contributed by atoms with Crippen molar-refractivity contribution in [2.24, 2.45) is 11.7 Å². The molecule has 2 amide bonds. The molecule has 22 heavy (non-hydrogen) atoms. The largest absolute Gasteiger partial charge is 0.481 e.